The molecule has 2 fully saturated rings. The van der Waals surface area contributed by atoms with E-state index < -0.39 is 11.8 Å². The highest BCUT2D eigenvalue weighted by molar-refractivity contribution is 7.80. The van der Waals surface area contributed by atoms with Gasteiger partial charge in [0.2, 0.25) is 0 Å². The van der Waals surface area contributed by atoms with Gasteiger partial charge >= 0.3 is 0 Å². The normalized spacial score (nSPS) is 40.6. The molecule has 2 saturated carbocycles. The van der Waals surface area contributed by atoms with Gasteiger partial charge in [-0.2, -0.15) is 0 Å². The number of nitrogens with one attached hydrogen (secondary N) is 1. The largest absolute Gasteiger partial charge is 0.376 e. The van der Waals surface area contributed by atoms with Gasteiger partial charge in [-0.3, -0.25) is 0 Å². The minimum Gasteiger partial charge on any atom is -0.376 e. The zero-order valence-electron chi connectivity index (χ0n) is 7.09. The summed E-state index contributed by atoms with van der Waals surface area (Å²) in [4.78, 5) is 0. The number of fused-ring (bicyclic) bond motifs is 2. The number of alkyl halides is 2. The predicted octanol–water partition coefficient (Wildman–Crippen LogP) is 1.25. The minimum atomic E-state index is -2.45. The predicted molar refractivity (Wildman–Crippen MR) is 49.5 cm³/mol. The Bertz CT molecular complexity index is 244. The van der Waals surface area contributed by atoms with Crippen LogP contribution in [0.2, 0.25) is 0 Å². The summed E-state index contributed by atoms with van der Waals surface area (Å²) < 4.78 is 26.1. The lowest BCUT2D eigenvalue weighted by atomic mass is 9.92. The van der Waals surface area contributed by atoms with Gasteiger partial charge < -0.3 is 11.1 Å². The number of hydrogen-bond donors (Lipinski definition) is 2. The molecule has 0 aromatic heterocycles. The van der Waals surface area contributed by atoms with E-state index in [0.29, 0.717) is 12.8 Å². The topological polar surface area (TPSA) is 38.0 Å². The molecular weight excluding hydrogens is 194 g/mol. The highest BCUT2D eigenvalue weighted by Gasteiger charge is 2.56. The molecule has 3 N–H and O–H groups in total. The molecule has 74 valence electrons. The maximum absolute atomic E-state index is 13.1. The first kappa shape index (κ1) is 9.12. The van der Waals surface area contributed by atoms with Crippen LogP contribution in [0.25, 0.3) is 0 Å². The zero-order valence-corrected chi connectivity index (χ0v) is 7.91. The minimum absolute atomic E-state index is 0.00204. The second-order valence-corrected chi connectivity index (χ2v) is 4.45. The number of halogens is 2. The maximum Gasteiger partial charge on any atom is 0.251 e. The Kier molecular flexibility index (Phi) is 1.94. The van der Waals surface area contributed by atoms with Crippen LogP contribution in [0.15, 0.2) is 0 Å². The van der Waals surface area contributed by atoms with Crippen LogP contribution in [-0.2, 0) is 0 Å². The van der Waals surface area contributed by atoms with Crippen LogP contribution < -0.4 is 11.1 Å². The van der Waals surface area contributed by atoms with Crippen molar-refractivity contribution in [1.82, 2.24) is 5.32 Å². The van der Waals surface area contributed by atoms with Crippen LogP contribution in [0.1, 0.15) is 19.3 Å². The molecule has 0 radical (unpaired) electrons. The second kappa shape index (κ2) is 2.77. The van der Waals surface area contributed by atoms with Crippen molar-refractivity contribution in [2.75, 3.05) is 0 Å². The van der Waals surface area contributed by atoms with Crippen LogP contribution in [0.4, 0.5) is 8.78 Å². The summed E-state index contributed by atoms with van der Waals surface area (Å²) in [6, 6.07) is 0.0853. The highest BCUT2D eigenvalue weighted by Crippen LogP contribution is 2.53. The summed E-state index contributed by atoms with van der Waals surface area (Å²) in [6.07, 6.45) is 1.13. The van der Waals surface area contributed by atoms with E-state index in [2.05, 4.69) is 17.5 Å². The average Bonchev–Trinajstić information content (AvgIpc) is 2.41. The molecule has 2 rings (SSSR count). The third-order valence-corrected chi connectivity index (χ3v) is 3.27. The lowest BCUT2D eigenvalue weighted by Gasteiger charge is -2.28. The van der Waals surface area contributed by atoms with Crippen molar-refractivity contribution < 1.29 is 8.78 Å². The molecule has 2 aliphatic carbocycles. The number of rotatable bonds is 1. The van der Waals surface area contributed by atoms with Gasteiger partial charge in [-0.25, -0.2) is 8.78 Å². The first-order chi connectivity index (χ1) is 5.99. The van der Waals surface area contributed by atoms with E-state index in [1.165, 1.54) is 0 Å². The monoisotopic (exact) mass is 206 g/mol. The molecule has 2 aliphatic rings. The first-order valence-corrected chi connectivity index (χ1v) is 4.83. The van der Waals surface area contributed by atoms with Crippen molar-refractivity contribution in [3.63, 3.8) is 0 Å². The van der Waals surface area contributed by atoms with Crippen molar-refractivity contribution in [2.45, 2.75) is 31.2 Å². The van der Waals surface area contributed by atoms with Crippen LogP contribution >= 0.6 is 12.2 Å². The summed E-state index contributed by atoms with van der Waals surface area (Å²) in [7, 11) is 0. The molecule has 0 unspecified atom stereocenters. The molecule has 0 heterocycles. The lowest BCUT2D eigenvalue weighted by molar-refractivity contribution is -0.0554. The van der Waals surface area contributed by atoms with Gasteiger partial charge in [-0.15, -0.1) is 0 Å². The lowest BCUT2D eigenvalue weighted by Crippen LogP contribution is -2.44. The second-order valence-electron chi connectivity index (χ2n) is 4.01. The molecule has 0 aromatic rings. The Morgan fingerprint density at radius 2 is 2.15 bits per heavy atom. The average molecular weight is 206 g/mol. The SMILES string of the molecule is NC(=S)N[C@H]1C[C@H]2C[C@@H]1CC2(F)F. The zero-order chi connectivity index (χ0) is 9.64. The van der Waals surface area contributed by atoms with E-state index in [1.807, 2.05) is 0 Å². The van der Waals surface area contributed by atoms with E-state index in [1.54, 1.807) is 0 Å². The smallest absolute Gasteiger partial charge is 0.251 e. The van der Waals surface area contributed by atoms with Gasteiger partial charge in [-0.05, 0) is 31.0 Å². The summed E-state index contributed by atoms with van der Waals surface area (Å²) in [5.74, 6) is -2.84. The van der Waals surface area contributed by atoms with Crippen LogP contribution in [0.3, 0.4) is 0 Å². The maximum atomic E-state index is 13.1. The Morgan fingerprint density at radius 3 is 2.54 bits per heavy atom. The van der Waals surface area contributed by atoms with Gasteiger partial charge in [0, 0.05) is 18.4 Å². The van der Waals surface area contributed by atoms with Crippen molar-refractivity contribution in [2.24, 2.45) is 17.6 Å². The van der Waals surface area contributed by atoms with Crippen molar-refractivity contribution >= 4 is 17.3 Å². The highest BCUT2D eigenvalue weighted by atomic mass is 32.1. The summed E-state index contributed by atoms with van der Waals surface area (Å²) in [5.41, 5.74) is 5.30. The van der Waals surface area contributed by atoms with Crippen LogP contribution in [0, 0.1) is 11.8 Å². The van der Waals surface area contributed by atoms with E-state index >= 15 is 0 Å². The molecule has 0 aliphatic heterocycles. The third kappa shape index (κ3) is 1.49. The Hall–Kier alpha value is -0.450. The molecule has 0 spiro atoms. The van der Waals surface area contributed by atoms with Crippen LogP contribution in [0.5, 0.6) is 0 Å². The summed E-state index contributed by atoms with van der Waals surface area (Å²) in [5, 5.41) is 3.11. The number of thiocarbonyl (C=S) groups is 1. The Balaban J connectivity index is 1.99. The molecule has 13 heavy (non-hydrogen) atoms. The van der Waals surface area contributed by atoms with Gasteiger partial charge in [-0.1, -0.05) is 0 Å². The first-order valence-electron chi connectivity index (χ1n) is 4.43. The van der Waals surface area contributed by atoms with E-state index in [0.717, 1.165) is 0 Å². The van der Waals surface area contributed by atoms with E-state index in [4.69, 9.17) is 5.73 Å². The van der Waals surface area contributed by atoms with Gasteiger partial charge in [0.15, 0.2) is 5.11 Å². The fourth-order valence-electron chi connectivity index (χ4n) is 2.57. The van der Waals surface area contributed by atoms with Crippen molar-refractivity contribution in [1.29, 1.82) is 0 Å². The molecule has 0 amide bonds. The molecule has 5 heteroatoms. The van der Waals surface area contributed by atoms with Crippen LogP contribution in [-0.4, -0.2) is 17.1 Å². The van der Waals surface area contributed by atoms with Gasteiger partial charge in [0.05, 0.1) is 0 Å². The molecular formula is C8H12F2N2S. The molecule has 2 nitrogen and oxygen atoms in total. The Morgan fingerprint density at radius 1 is 1.46 bits per heavy atom. The molecule has 2 bridgehead atoms. The van der Waals surface area contributed by atoms with Gasteiger partial charge in [0.1, 0.15) is 0 Å². The molecule has 3 atom stereocenters. The fourth-order valence-corrected chi connectivity index (χ4v) is 2.72. The molecule has 0 saturated heterocycles. The standard InChI is InChI=1S/C8H12F2N2S/c9-8(10)3-4-1-5(8)2-6(4)12-7(11)13/h4-6H,1-3H2,(H3,11,12,13)/t4-,5-,6+/m1/s1. The number of hydrogen-bond acceptors (Lipinski definition) is 1. The summed E-state index contributed by atoms with van der Waals surface area (Å²) >= 11 is 4.68. The third-order valence-electron chi connectivity index (χ3n) is 3.15. The van der Waals surface area contributed by atoms with Crippen molar-refractivity contribution in [3.8, 4) is 0 Å². The van der Waals surface area contributed by atoms with Gasteiger partial charge in [0.25, 0.3) is 5.92 Å². The van der Waals surface area contributed by atoms with E-state index in [-0.39, 0.29) is 23.5 Å². The number of nitrogens with two attached hydrogens (primary N) is 1. The van der Waals surface area contributed by atoms with Crippen molar-refractivity contribution in [3.05, 3.63) is 0 Å². The quantitative estimate of drug-likeness (QED) is 0.634. The fraction of sp³-hybridized carbons (Fsp3) is 0.875. The summed E-state index contributed by atoms with van der Waals surface area (Å²) in [6.45, 7) is 0. The van der Waals surface area contributed by atoms with E-state index in [9.17, 15) is 8.78 Å². The molecule has 0 aromatic carbocycles. The Labute approximate surface area is 80.9 Å².